The maximum Gasteiger partial charge on any atom is 0.252 e. The second kappa shape index (κ2) is 10.5. The molecule has 0 aliphatic carbocycles. The highest BCUT2D eigenvalue weighted by Gasteiger charge is 2.43. The van der Waals surface area contributed by atoms with Crippen molar-refractivity contribution in [2.24, 2.45) is 0 Å². The van der Waals surface area contributed by atoms with Crippen molar-refractivity contribution in [3.63, 3.8) is 0 Å². The van der Waals surface area contributed by atoms with Gasteiger partial charge in [-0.05, 0) is 89.2 Å². The van der Waals surface area contributed by atoms with E-state index < -0.39 is 0 Å². The van der Waals surface area contributed by atoms with Crippen molar-refractivity contribution in [2.75, 3.05) is 0 Å². The van der Waals surface area contributed by atoms with Crippen LogP contribution in [0.4, 0.5) is 0 Å². The zero-order valence-electron chi connectivity index (χ0n) is 30.4. The highest BCUT2D eigenvalue weighted by Crippen LogP contribution is 2.45. The quantitative estimate of drug-likeness (QED) is 0.171. The molecule has 0 radical (unpaired) electrons. The standard InChI is InChI=1S/C49H28BN7/c1-3-13-30(14-4-1)54-38-22-8-7-17-32(38)41-33-18-11-20-35-45(33)56(48(41)54)39-27-29(37-21-9-10-24-51-37)28-40-43(39)50(35)36-23-26-52-44-42-34-19-12-25-53-47(34)55(31-15-5-2-6-16-31)49(42)57(40)46(36)44/h1-28H. The summed E-state index contributed by atoms with van der Waals surface area (Å²) in [5.41, 5.74) is 18.0. The van der Waals surface area contributed by atoms with E-state index in [0.29, 0.717) is 0 Å². The van der Waals surface area contributed by atoms with E-state index in [1.54, 1.807) is 0 Å². The van der Waals surface area contributed by atoms with Gasteiger partial charge in [-0.2, -0.15) is 0 Å². The summed E-state index contributed by atoms with van der Waals surface area (Å²) in [6, 6.07) is 54.6. The Morgan fingerprint density at radius 3 is 1.91 bits per heavy atom. The fraction of sp³-hybridized carbons (Fsp3) is 0. The first-order valence-corrected chi connectivity index (χ1v) is 19.4. The fourth-order valence-corrected chi connectivity index (χ4v) is 10.4. The fourth-order valence-electron chi connectivity index (χ4n) is 10.4. The Morgan fingerprint density at radius 2 is 1.11 bits per heavy atom. The third kappa shape index (κ3) is 3.57. The maximum atomic E-state index is 5.21. The van der Waals surface area contributed by atoms with Crippen LogP contribution in [0.1, 0.15) is 0 Å². The maximum absolute atomic E-state index is 5.21. The van der Waals surface area contributed by atoms with Gasteiger partial charge in [0.05, 0.1) is 33.1 Å². The third-order valence-electron chi connectivity index (χ3n) is 12.5. The number of para-hydroxylation sites is 4. The average Bonchev–Trinajstić information content (AvgIpc) is 4.00. The molecule has 14 rings (SSSR count). The van der Waals surface area contributed by atoms with Gasteiger partial charge >= 0.3 is 0 Å². The van der Waals surface area contributed by atoms with Crippen molar-refractivity contribution in [3.05, 3.63) is 170 Å². The van der Waals surface area contributed by atoms with Crippen molar-refractivity contribution in [3.8, 4) is 34.0 Å². The molecule has 0 atom stereocenters. The lowest BCUT2D eigenvalue weighted by Crippen LogP contribution is -2.59. The molecule has 7 aromatic heterocycles. The van der Waals surface area contributed by atoms with Gasteiger partial charge in [0.15, 0.2) is 0 Å². The Balaban J connectivity index is 1.24. The highest BCUT2D eigenvalue weighted by molar-refractivity contribution is 7.00. The van der Waals surface area contributed by atoms with Gasteiger partial charge < -0.3 is 0 Å². The molecule has 0 amide bonds. The van der Waals surface area contributed by atoms with Gasteiger partial charge in [0.1, 0.15) is 16.9 Å². The molecular weight excluding hydrogens is 697 g/mol. The van der Waals surface area contributed by atoms with Crippen LogP contribution in [0.3, 0.4) is 0 Å². The number of hydrogen-bond acceptors (Lipinski definition) is 3. The Hall–Kier alpha value is -7.71. The predicted octanol–water partition coefficient (Wildman–Crippen LogP) is 8.76. The number of nitrogens with zero attached hydrogens (tertiary/aromatic N) is 7. The Bertz CT molecular complexity index is 3470. The number of aromatic nitrogens is 7. The smallest absolute Gasteiger partial charge is 0.252 e. The summed E-state index contributed by atoms with van der Waals surface area (Å²) in [5, 5.41) is 5.96. The molecule has 0 spiro atoms. The minimum atomic E-state index is -0.0222. The molecular formula is C49H28BN7. The summed E-state index contributed by atoms with van der Waals surface area (Å²) in [7, 11) is 0. The minimum Gasteiger partial charge on any atom is -0.296 e. The highest BCUT2D eigenvalue weighted by atomic mass is 15.2. The van der Waals surface area contributed by atoms with Crippen molar-refractivity contribution in [2.45, 2.75) is 0 Å². The zero-order chi connectivity index (χ0) is 36.9. The van der Waals surface area contributed by atoms with E-state index in [9.17, 15) is 0 Å². The van der Waals surface area contributed by atoms with E-state index in [-0.39, 0.29) is 6.71 Å². The summed E-state index contributed by atoms with van der Waals surface area (Å²) < 4.78 is 9.84. The van der Waals surface area contributed by atoms with E-state index in [4.69, 9.17) is 15.0 Å². The molecule has 8 heteroatoms. The van der Waals surface area contributed by atoms with Crippen molar-refractivity contribution in [1.29, 1.82) is 0 Å². The van der Waals surface area contributed by atoms with E-state index in [2.05, 4.69) is 158 Å². The lowest BCUT2D eigenvalue weighted by molar-refractivity contribution is 1.04. The molecule has 12 aromatic rings. The van der Waals surface area contributed by atoms with Crippen LogP contribution < -0.4 is 16.4 Å². The molecule has 2 aliphatic rings. The van der Waals surface area contributed by atoms with Gasteiger partial charge in [0.2, 0.25) is 0 Å². The van der Waals surface area contributed by atoms with Crippen LogP contribution in [0.25, 0.3) is 99.9 Å². The summed E-state index contributed by atoms with van der Waals surface area (Å²) in [5.74, 6) is 0. The number of fused-ring (bicyclic) bond motifs is 14. The van der Waals surface area contributed by atoms with Crippen LogP contribution in [-0.4, -0.2) is 39.9 Å². The number of rotatable bonds is 3. The van der Waals surface area contributed by atoms with E-state index >= 15 is 0 Å². The zero-order valence-corrected chi connectivity index (χ0v) is 30.4. The molecule has 0 saturated carbocycles. The molecule has 57 heavy (non-hydrogen) atoms. The predicted molar refractivity (Wildman–Crippen MR) is 232 cm³/mol. The second-order valence-electron chi connectivity index (χ2n) is 15.2. The van der Waals surface area contributed by atoms with Crippen LogP contribution in [-0.2, 0) is 0 Å². The molecule has 0 unspecified atom stereocenters. The molecule has 7 nitrogen and oxygen atoms in total. The van der Waals surface area contributed by atoms with E-state index in [0.717, 1.165) is 72.8 Å². The Kier molecular flexibility index (Phi) is 5.47. The normalized spacial score (nSPS) is 12.9. The molecule has 0 saturated heterocycles. The first kappa shape index (κ1) is 29.6. The van der Waals surface area contributed by atoms with Crippen LogP contribution in [0, 0.1) is 0 Å². The third-order valence-corrected chi connectivity index (χ3v) is 12.5. The molecule has 5 aromatic carbocycles. The Morgan fingerprint density at radius 1 is 0.439 bits per heavy atom. The molecule has 0 fully saturated rings. The Labute approximate surface area is 325 Å². The molecule has 0 bridgehead atoms. The summed E-state index contributed by atoms with van der Waals surface area (Å²) in [6.07, 6.45) is 5.79. The van der Waals surface area contributed by atoms with Gasteiger partial charge in [-0.1, -0.05) is 78.9 Å². The number of benzene rings is 5. The van der Waals surface area contributed by atoms with Crippen molar-refractivity contribution in [1.82, 2.24) is 33.2 Å². The van der Waals surface area contributed by atoms with Gasteiger partial charge in [0.25, 0.3) is 6.71 Å². The van der Waals surface area contributed by atoms with Gasteiger partial charge in [-0.25, -0.2) is 4.98 Å². The van der Waals surface area contributed by atoms with E-state index in [1.807, 2.05) is 30.7 Å². The van der Waals surface area contributed by atoms with Gasteiger partial charge in [-0.15, -0.1) is 0 Å². The van der Waals surface area contributed by atoms with Gasteiger partial charge in [0, 0.05) is 68.4 Å². The minimum absolute atomic E-state index is 0.0222. The van der Waals surface area contributed by atoms with Crippen LogP contribution in [0.15, 0.2) is 170 Å². The average molecular weight is 726 g/mol. The van der Waals surface area contributed by atoms with Gasteiger partial charge in [-0.3, -0.25) is 28.2 Å². The van der Waals surface area contributed by atoms with Crippen molar-refractivity contribution < 1.29 is 0 Å². The van der Waals surface area contributed by atoms with Crippen molar-refractivity contribution >= 4 is 89.0 Å². The molecule has 9 heterocycles. The first-order chi connectivity index (χ1) is 28.3. The summed E-state index contributed by atoms with van der Waals surface area (Å²) >= 11 is 0. The number of pyridine rings is 3. The molecule has 262 valence electrons. The molecule has 0 N–H and O–H groups in total. The monoisotopic (exact) mass is 725 g/mol. The van der Waals surface area contributed by atoms with E-state index in [1.165, 1.54) is 43.6 Å². The largest absolute Gasteiger partial charge is 0.296 e. The summed E-state index contributed by atoms with van der Waals surface area (Å²) in [4.78, 5) is 15.2. The first-order valence-electron chi connectivity index (χ1n) is 19.4. The van der Waals surface area contributed by atoms with Crippen LogP contribution >= 0.6 is 0 Å². The lowest BCUT2D eigenvalue weighted by atomic mass is 9.34. The lowest BCUT2D eigenvalue weighted by Gasteiger charge is -2.34. The number of hydrogen-bond donors (Lipinski definition) is 0. The van der Waals surface area contributed by atoms with Crippen LogP contribution in [0.2, 0.25) is 0 Å². The topological polar surface area (TPSA) is 58.4 Å². The molecule has 2 aliphatic heterocycles. The summed E-state index contributed by atoms with van der Waals surface area (Å²) in [6.45, 7) is -0.0222. The SMILES string of the molecule is c1ccc(-n2c3ccccc3c3c4cccc5c4n(c32)-c2cc(-c3ccccn3)cc3c2B5c2ccnc4c5c6cccnc6n(-c6ccccc6)c5n-3c24)cc1. The second-order valence-corrected chi connectivity index (χ2v) is 15.2. The van der Waals surface area contributed by atoms with Crippen LogP contribution in [0.5, 0.6) is 0 Å².